The molecular formula is C13H24BrNO2. The molecule has 4 heteroatoms. The minimum atomic E-state index is 0.158. The van der Waals surface area contributed by atoms with Crippen LogP contribution in [-0.4, -0.2) is 30.0 Å². The summed E-state index contributed by atoms with van der Waals surface area (Å²) in [6, 6.07) is 0.256. The van der Waals surface area contributed by atoms with Crippen molar-refractivity contribution in [3.8, 4) is 0 Å². The van der Waals surface area contributed by atoms with Gasteiger partial charge in [0.25, 0.3) is 0 Å². The number of carbonyl (C=O) groups is 1. The van der Waals surface area contributed by atoms with E-state index in [1.165, 1.54) is 0 Å². The summed E-state index contributed by atoms with van der Waals surface area (Å²) in [7, 11) is 0. The molecule has 2 unspecified atom stereocenters. The Labute approximate surface area is 113 Å². The summed E-state index contributed by atoms with van der Waals surface area (Å²) in [6.07, 6.45) is 5.05. The second-order valence-corrected chi connectivity index (χ2v) is 5.87. The van der Waals surface area contributed by atoms with Crippen molar-refractivity contribution < 1.29 is 9.53 Å². The molecule has 1 saturated heterocycles. The monoisotopic (exact) mass is 305 g/mol. The van der Waals surface area contributed by atoms with Crippen molar-refractivity contribution in [1.29, 1.82) is 0 Å². The van der Waals surface area contributed by atoms with Crippen LogP contribution in [0, 0.1) is 5.92 Å². The predicted molar refractivity (Wildman–Crippen MR) is 73.4 cm³/mol. The number of rotatable bonds is 7. The van der Waals surface area contributed by atoms with Gasteiger partial charge in [0.2, 0.25) is 5.91 Å². The van der Waals surface area contributed by atoms with Crippen LogP contribution in [0.4, 0.5) is 0 Å². The van der Waals surface area contributed by atoms with Gasteiger partial charge in [-0.1, -0.05) is 29.8 Å². The van der Waals surface area contributed by atoms with Gasteiger partial charge in [-0.25, -0.2) is 0 Å². The van der Waals surface area contributed by atoms with Gasteiger partial charge in [-0.15, -0.1) is 0 Å². The van der Waals surface area contributed by atoms with Crippen molar-refractivity contribution in [3.05, 3.63) is 0 Å². The highest BCUT2D eigenvalue weighted by Crippen LogP contribution is 2.16. The summed E-state index contributed by atoms with van der Waals surface area (Å²) in [6.45, 7) is 5.21. The molecule has 3 nitrogen and oxygen atoms in total. The van der Waals surface area contributed by atoms with Crippen molar-refractivity contribution in [2.24, 2.45) is 5.92 Å². The molecule has 100 valence electrons. The summed E-state index contributed by atoms with van der Waals surface area (Å²) in [4.78, 5) is 11.8. The van der Waals surface area contributed by atoms with Gasteiger partial charge in [-0.05, 0) is 31.6 Å². The van der Waals surface area contributed by atoms with Crippen LogP contribution in [0.2, 0.25) is 0 Å². The molecule has 17 heavy (non-hydrogen) atoms. The topological polar surface area (TPSA) is 38.3 Å². The molecule has 0 aliphatic carbocycles. The zero-order chi connectivity index (χ0) is 12.7. The normalized spacial score (nSPS) is 21.8. The lowest BCUT2D eigenvalue weighted by atomic mass is 10.0. The first-order chi connectivity index (χ1) is 8.11. The van der Waals surface area contributed by atoms with Crippen LogP contribution in [0.3, 0.4) is 0 Å². The number of hydrogen-bond acceptors (Lipinski definition) is 2. The van der Waals surface area contributed by atoms with Gasteiger partial charge in [0.05, 0.1) is 6.10 Å². The van der Waals surface area contributed by atoms with E-state index in [0.29, 0.717) is 18.4 Å². The SMILES string of the molecule is CC(C)CC(CBr)NC(=O)CCC1CCCO1. The highest BCUT2D eigenvalue weighted by Gasteiger charge is 2.18. The lowest BCUT2D eigenvalue weighted by molar-refractivity contribution is -0.122. The molecule has 2 atom stereocenters. The van der Waals surface area contributed by atoms with E-state index >= 15 is 0 Å². The van der Waals surface area contributed by atoms with Crippen LogP contribution >= 0.6 is 15.9 Å². The standard InChI is InChI=1S/C13H24BrNO2/c1-10(2)8-11(9-14)15-13(16)6-5-12-4-3-7-17-12/h10-12H,3-9H2,1-2H3,(H,15,16). The van der Waals surface area contributed by atoms with Crippen LogP contribution < -0.4 is 5.32 Å². The minimum Gasteiger partial charge on any atom is -0.378 e. The molecule has 0 saturated carbocycles. The van der Waals surface area contributed by atoms with Crippen molar-refractivity contribution in [1.82, 2.24) is 5.32 Å². The van der Waals surface area contributed by atoms with E-state index in [1.807, 2.05) is 0 Å². The first kappa shape index (κ1) is 15.0. The van der Waals surface area contributed by atoms with E-state index in [0.717, 1.165) is 37.6 Å². The molecule has 1 fully saturated rings. The second kappa shape index (κ2) is 8.09. The Hall–Kier alpha value is -0.0900. The van der Waals surface area contributed by atoms with Crippen LogP contribution in [-0.2, 0) is 9.53 Å². The van der Waals surface area contributed by atoms with Gasteiger partial charge in [0, 0.05) is 24.4 Å². The van der Waals surface area contributed by atoms with Crippen LogP contribution in [0.25, 0.3) is 0 Å². The number of amides is 1. The Bertz CT molecular complexity index is 227. The summed E-state index contributed by atoms with van der Waals surface area (Å²) in [5.74, 6) is 0.765. The van der Waals surface area contributed by atoms with E-state index in [1.54, 1.807) is 0 Å². The van der Waals surface area contributed by atoms with Crippen molar-refractivity contribution >= 4 is 21.8 Å². The Morgan fingerprint density at radius 3 is 2.82 bits per heavy atom. The van der Waals surface area contributed by atoms with Crippen LogP contribution in [0.1, 0.15) is 46.0 Å². The fourth-order valence-electron chi connectivity index (χ4n) is 2.19. The van der Waals surface area contributed by atoms with Gasteiger partial charge in [-0.3, -0.25) is 4.79 Å². The zero-order valence-electron chi connectivity index (χ0n) is 10.9. The minimum absolute atomic E-state index is 0.158. The number of halogens is 1. The Morgan fingerprint density at radius 1 is 1.53 bits per heavy atom. The lowest BCUT2D eigenvalue weighted by Gasteiger charge is -2.18. The van der Waals surface area contributed by atoms with Gasteiger partial charge in [0.1, 0.15) is 0 Å². The maximum absolute atomic E-state index is 11.8. The van der Waals surface area contributed by atoms with Gasteiger partial charge in [0.15, 0.2) is 0 Å². The molecule has 0 aromatic rings. The first-order valence-corrected chi connectivity index (χ1v) is 7.71. The smallest absolute Gasteiger partial charge is 0.220 e. The van der Waals surface area contributed by atoms with Crippen molar-refractivity contribution in [3.63, 3.8) is 0 Å². The number of ether oxygens (including phenoxy) is 1. The highest BCUT2D eigenvalue weighted by atomic mass is 79.9. The highest BCUT2D eigenvalue weighted by molar-refractivity contribution is 9.09. The summed E-state index contributed by atoms with van der Waals surface area (Å²) in [5.41, 5.74) is 0. The third-order valence-electron chi connectivity index (χ3n) is 3.02. The third kappa shape index (κ3) is 6.41. The quantitative estimate of drug-likeness (QED) is 0.735. The van der Waals surface area contributed by atoms with E-state index < -0.39 is 0 Å². The molecular weight excluding hydrogens is 282 g/mol. The molecule has 0 radical (unpaired) electrons. The van der Waals surface area contributed by atoms with E-state index in [-0.39, 0.29) is 11.9 Å². The maximum Gasteiger partial charge on any atom is 0.220 e. The molecule has 1 aliphatic rings. The van der Waals surface area contributed by atoms with E-state index in [2.05, 4.69) is 35.1 Å². The Morgan fingerprint density at radius 2 is 2.29 bits per heavy atom. The predicted octanol–water partition coefficient (Wildman–Crippen LogP) is 2.87. The largest absolute Gasteiger partial charge is 0.378 e. The van der Waals surface area contributed by atoms with Crippen LogP contribution in [0.15, 0.2) is 0 Å². The van der Waals surface area contributed by atoms with Crippen molar-refractivity contribution in [2.75, 3.05) is 11.9 Å². The number of carbonyl (C=O) groups excluding carboxylic acids is 1. The molecule has 0 bridgehead atoms. The molecule has 1 amide bonds. The van der Waals surface area contributed by atoms with Crippen molar-refractivity contribution in [2.45, 2.75) is 58.1 Å². The van der Waals surface area contributed by atoms with E-state index in [4.69, 9.17) is 4.74 Å². The molecule has 1 heterocycles. The molecule has 0 aromatic heterocycles. The summed E-state index contributed by atoms with van der Waals surface area (Å²) < 4.78 is 5.51. The number of nitrogens with one attached hydrogen (secondary N) is 1. The molecule has 0 spiro atoms. The molecule has 1 rings (SSSR count). The number of hydrogen-bond donors (Lipinski definition) is 1. The second-order valence-electron chi connectivity index (χ2n) is 5.22. The third-order valence-corrected chi connectivity index (χ3v) is 3.81. The summed E-state index contributed by atoms with van der Waals surface area (Å²) in [5, 5.41) is 3.91. The van der Waals surface area contributed by atoms with E-state index in [9.17, 15) is 4.79 Å². The van der Waals surface area contributed by atoms with Gasteiger partial charge >= 0.3 is 0 Å². The average Bonchev–Trinajstić information content (AvgIpc) is 2.77. The number of alkyl halides is 1. The van der Waals surface area contributed by atoms with Gasteiger partial charge < -0.3 is 10.1 Å². The summed E-state index contributed by atoms with van der Waals surface area (Å²) >= 11 is 3.45. The first-order valence-electron chi connectivity index (χ1n) is 6.58. The van der Waals surface area contributed by atoms with Crippen LogP contribution in [0.5, 0.6) is 0 Å². The Kier molecular flexibility index (Phi) is 7.12. The zero-order valence-corrected chi connectivity index (χ0v) is 12.5. The fourth-order valence-corrected chi connectivity index (χ4v) is 2.62. The maximum atomic E-state index is 11.8. The average molecular weight is 306 g/mol. The van der Waals surface area contributed by atoms with Gasteiger partial charge in [-0.2, -0.15) is 0 Å². The molecule has 1 aliphatic heterocycles. The lowest BCUT2D eigenvalue weighted by Crippen LogP contribution is -2.37. The Balaban J connectivity index is 2.17. The fraction of sp³-hybridized carbons (Fsp3) is 0.923. The molecule has 1 N–H and O–H groups in total. The molecule has 0 aromatic carbocycles.